The number of aromatic carboxylic acids is 1. The Morgan fingerprint density at radius 2 is 2.33 bits per heavy atom. The normalized spacial score (nSPS) is 10.3. The summed E-state index contributed by atoms with van der Waals surface area (Å²) in [5.74, 6) is -0.979. The van der Waals surface area contributed by atoms with Gasteiger partial charge in [-0.05, 0) is 28.1 Å². The van der Waals surface area contributed by atoms with Crippen LogP contribution in [0.3, 0.4) is 0 Å². The van der Waals surface area contributed by atoms with Crippen LogP contribution >= 0.6 is 38.9 Å². The Hall–Kier alpha value is -1.11. The summed E-state index contributed by atoms with van der Waals surface area (Å²) >= 11 is 10.3. The minimum Gasteiger partial charge on any atom is -0.478 e. The van der Waals surface area contributed by atoms with Crippen molar-refractivity contribution in [1.29, 1.82) is 0 Å². The maximum absolute atomic E-state index is 11.2. The van der Waals surface area contributed by atoms with Gasteiger partial charge in [-0.3, -0.25) is 0 Å². The van der Waals surface area contributed by atoms with Crippen LogP contribution in [0, 0.1) is 0 Å². The largest absolute Gasteiger partial charge is 0.478 e. The molecule has 7 heteroatoms. The number of nitrogens with one attached hydrogen (secondary N) is 1. The van der Waals surface area contributed by atoms with Gasteiger partial charge in [0.05, 0.1) is 17.8 Å². The number of anilines is 1. The molecule has 0 atom stereocenters. The first-order valence-corrected chi connectivity index (χ1v) is 6.92. The second-order valence-corrected chi connectivity index (χ2v) is 5.95. The first-order chi connectivity index (χ1) is 8.58. The number of halogens is 2. The van der Waals surface area contributed by atoms with Crippen molar-refractivity contribution in [1.82, 2.24) is 4.98 Å². The summed E-state index contributed by atoms with van der Waals surface area (Å²) in [5, 5.41) is 12.2. The van der Waals surface area contributed by atoms with E-state index in [1.807, 2.05) is 0 Å². The highest BCUT2D eigenvalue weighted by molar-refractivity contribution is 9.10. The molecular formula is C11H8BrClN2O2S. The molecule has 0 saturated heterocycles. The number of carboxylic acid groups (broad SMARTS) is 1. The van der Waals surface area contributed by atoms with Crippen LogP contribution in [0.1, 0.15) is 15.2 Å². The van der Waals surface area contributed by atoms with Crippen molar-refractivity contribution in [2.24, 2.45) is 0 Å². The number of aromatic nitrogens is 1. The van der Waals surface area contributed by atoms with E-state index in [-0.39, 0.29) is 5.56 Å². The third kappa shape index (κ3) is 3.01. The maximum atomic E-state index is 11.2. The van der Waals surface area contributed by atoms with Crippen molar-refractivity contribution in [2.75, 3.05) is 5.32 Å². The topological polar surface area (TPSA) is 62.2 Å². The summed E-state index contributed by atoms with van der Waals surface area (Å²) in [6.45, 7) is 0.487. The van der Waals surface area contributed by atoms with Gasteiger partial charge in [0.2, 0.25) is 0 Å². The lowest BCUT2D eigenvalue weighted by Crippen LogP contribution is -2.06. The van der Waals surface area contributed by atoms with Gasteiger partial charge in [-0.2, -0.15) is 0 Å². The molecule has 0 fully saturated rings. The third-order valence-electron chi connectivity index (χ3n) is 2.21. The quantitative estimate of drug-likeness (QED) is 0.881. The molecule has 2 rings (SSSR count). The van der Waals surface area contributed by atoms with E-state index in [1.54, 1.807) is 24.4 Å². The SMILES string of the molecule is O=C(O)c1c(Br)cccc1NCc1cnc(Cl)s1. The number of hydrogen-bond acceptors (Lipinski definition) is 4. The molecule has 1 heterocycles. The Bertz CT molecular complexity index is 588. The molecule has 0 aliphatic heterocycles. The monoisotopic (exact) mass is 346 g/mol. The molecule has 0 aliphatic carbocycles. The van der Waals surface area contributed by atoms with Crippen LogP contribution in [0.5, 0.6) is 0 Å². The number of carbonyl (C=O) groups is 1. The second-order valence-electron chi connectivity index (χ2n) is 3.40. The average molecular weight is 348 g/mol. The fourth-order valence-corrected chi connectivity index (χ4v) is 2.89. The average Bonchev–Trinajstić information content (AvgIpc) is 2.72. The molecule has 0 saturated carbocycles. The van der Waals surface area contributed by atoms with Gasteiger partial charge in [-0.25, -0.2) is 9.78 Å². The molecule has 94 valence electrons. The lowest BCUT2D eigenvalue weighted by molar-refractivity contribution is 0.0697. The van der Waals surface area contributed by atoms with Crippen molar-refractivity contribution in [3.63, 3.8) is 0 Å². The van der Waals surface area contributed by atoms with E-state index in [2.05, 4.69) is 26.2 Å². The summed E-state index contributed by atoms with van der Waals surface area (Å²) in [5.41, 5.74) is 0.773. The van der Waals surface area contributed by atoms with Crippen LogP contribution in [0.4, 0.5) is 5.69 Å². The standard InChI is InChI=1S/C11H8BrClN2O2S/c12-7-2-1-3-8(9(7)10(16)17)14-4-6-5-15-11(13)18-6/h1-3,5,14H,4H2,(H,16,17). The van der Waals surface area contributed by atoms with Gasteiger partial charge in [-0.15, -0.1) is 11.3 Å². The van der Waals surface area contributed by atoms with E-state index in [0.717, 1.165) is 4.88 Å². The van der Waals surface area contributed by atoms with E-state index in [9.17, 15) is 4.79 Å². The van der Waals surface area contributed by atoms with Crippen molar-refractivity contribution >= 4 is 50.5 Å². The Kier molecular flexibility index (Phi) is 4.21. The van der Waals surface area contributed by atoms with E-state index >= 15 is 0 Å². The second kappa shape index (κ2) is 5.69. The van der Waals surface area contributed by atoms with Gasteiger partial charge in [0.1, 0.15) is 0 Å². The summed E-state index contributed by atoms with van der Waals surface area (Å²) < 4.78 is 1.02. The molecule has 0 radical (unpaired) electrons. The Morgan fingerprint density at radius 3 is 2.94 bits per heavy atom. The van der Waals surface area contributed by atoms with Crippen molar-refractivity contribution in [2.45, 2.75) is 6.54 Å². The molecule has 0 unspecified atom stereocenters. The minimum absolute atomic E-state index is 0.216. The van der Waals surface area contributed by atoms with Gasteiger partial charge in [0.25, 0.3) is 0 Å². The van der Waals surface area contributed by atoms with Gasteiger partial charge >= 0.3 is 5.97 Å². The molecule has 1 aromatic carbocycles. The Balaban J connectivity index is 2.19. The Labute approximate surface area is 121 Å². The number of nitrogens with zero attached hydrogens (tertiary/aromatic N) is 1. The summed E-state index contributed by atoms with van der Waals surface area (Å²) in [6.07, 6.45) is 1.67. The molecule has 0 aliphatic rings. The third-order valence-corrected chi connectivity index (χ3v) is 3.98. The summed E-state index contributed by atoms with van der Waals surface area (Å²) in [6, 6.07) is 5.19. The molecule has 0 bridgehead atoms. The van der Waals surface area contributed by atoms with Crippen molar-refractivity contribution in [3.05, 3.63) is 43.8 Å². The van der Waals surface area contributed by atoms with Crippen LogP contribution < -0.4 is 5.32 Å². The first kappa shape index (κ1) is 13.3. The van der Waals surface area contributed by atoms with E-state index < -0.39 is 5.97 Å². The first-order valence-electron chi connectivity index (χ1n) is 4.94. The van der Waals surface area contributed by atoms with E-state index in [4.69, 9.17) is 16.7 Å². The molecule has 18 heavy (non-hydrogen) atoms. The maximum Gasteiger partial charge on any atom is 0.338 e. The fourth-order valence-electron chi connectivity index (χ4n) is 1.44. The van der Waals surface area contributed by atoms with Gasteiger partial charge < -0.3 is 10.4 Å². The molecule has 0 amide bonds. The molecule has 2 aromatic rings. The highest BCUT2D eigenvalue weighted by Crippen LogP contribution is 2.26. The zero-order chi connectivity index (χ0) is 13.1. The van der Waals surface area contributed by atoms with Crippen LogP contribution in [0.15, 0.2) is 28.9 Å². The van der Waals surface area contributed by atoms with Crippen LogP contribution in [-0.4, -0.2) is 16.1 Å². The number of hydrogen-bond donors (Lipinski definition) is 2. The van der Waals surface area contributed by atoms with Crippen molar-refractivity contribution in [3.8, 4) is 0 Å². The predicted octanol–water partition coefficient (Wildman–Crippen LogP) is 3.87. The molecular weight excluding hydrogens is 340 g/mol. The predicted molar refractivity (Wildman–Crippen MR) is 75.6 cm³/mol. The van der Waals surface area contributed by atoms with Gasteiger partial charge in [-0.1, -0.05) is 17.7 Å². The zero-order valence-electron chi connectivity index (χ0n) is 8.98. The molecule has 4 nitrogen and oxygen atoms in total. The summed E-state index contributed by atoms with van der Waals surface area (Å²) in [7, 11) is 0. The number of rotatable bonds is 4. The minimum atomic E-state index is -0.979. The summed E-state index contributed by atoms with van der Waals surface area (Å²) in [4.78, 5) is 16.0. The van der Waals surface area contributed by atoms with Gasteiger partial charge in [0, 0.05) is 15.5 Å². The van der Waals surface area contributed by atoms with Gasteiger partial charge in [0.15, 0.2) is 4.47 Å². The molecule has 1 aromatic heterocycles. The highest BCUT2D eigenvalue weighted by atomic mass is 79.9. The van der Waals surface area contributed by atoms with Crippen LogP contribution in [-0.2, 0) is 6.54 Å². The van der Waals surface area contributed by atoms with Crippen LogP contribution in [0.2, 0.25) is 4.47 Å². The Morgan fingerprint density at radius 1 is 1.56 bits per heavy atom. The van der Waals surface area contributed by atoms with Crippen molar-refractivity contribution < 1.29 is 9.90 Å². The van der Waals surface area contributed by atoms with Crippen LogP contribution in [0.25, 0.3) is 0 Å². The number of carboxylic acids is 1. The molecule has 2 N–H and O–H groups in total. The lowest BCUT2D eigenvalue weighted by Gasteiger charge is -2.09. The molecule has 0 spiro atoms. The lowest BCUT2D eigenvalue weighted by atomic mass is 10.2. The number of benzene rings is 1. The smallest absolute Gasteiger partial charge is 0.338 e. The fraction of sp³-hybridized carbons (Fsp3) is 0.0909. The zero-order valence-corrected chi connectivity index (χ0v) is 12.1. The number of thiazole rings is 1. The highest BCUT2D eigenvalue weighted by Gasteiger charge is 2.13. The van der Waals surface area contributed by atoms with E-state index in [1.165, 1.54) is 11.3 Å². The van der Waals surface area contributed by atoms with E-state index in [0.29, 0.717) is 21.2 Å².